The van der Waals surface area contributed by atoms with E-state index in [2.05, 4.69) is 10.6 Å². The molecule has 0 unspecified atom stereocenters. The molecule has 0 aliphatic rings. The summed E-state index contributed by atoms with van der Waals surface area (Å²) in [6.45, 7) is 5.18. The van der Waals surface area contributed by atoms with Crippen molar-refractivity contribution in [3.63, 3.8) is 0 Å². The first-order valence-electron chi connectivity index (χ1n) is 10.0. The number of hydrogen-bond donors (Lipinski definition) is 3. The number of benzene rings is 3. The van der Waals surface area contributed by atoms with Gasteiger partial charge in [0.05, 0.1) is 11.4 Å². The summed E-state index contributed by atoms with van der Waals surface area (Å²) in [6, 6.07) is 19.1. The number of nitrogens with one attached hydrogen (secondary N) is 2. The van der Waals surface area contributed by atoms with Gasteiger partial charge in [0, 0.05) is 40.6 Å². The Bertz CT molecular complexity index is 1080. The largest absolute Gasteiger partial charge is 0.397 e. The van der Waals surface area contributed by atoms with Crippen LogP contribution < -0.4 is 16.4 Å². The van der Waals surface area contributed by atoms with Crippen LogP contribution in [0.5, 0.6) is 0 Å². The summed E-state index contributed by atoms with van der Waals surface area (Å²) in [5.41, 5.74) is 9.57. The molecule has 4 N–H and O–H groups in total. The van der Waals surface area contributed by atoms with Gasteiger partial charge in [-0.2, -0.15) is 0 Å². The Morgan fingerprint density at radius 2 is 1.58 bits per heavy atom. The maximum absolute atomic E-state index is 12.7. The third-order valence-electron chi connectivity index (χ3n) is 4.86. The lowest BCUT2D eigenvalue weighted by Crippen LogP contribution is -2.30. The number of carbonyl (C=O) groups is 2. The lowest BCUT2D eigenvalue weighted by atomic mass is 10.1. The first kappa shape index (κ1) is 22.2. The van der Waals surface area contributed by atoms with Crippen molar-refractivity contribution in [3.8, 4) is 0 Å². The number of amides is 2. The standard InChI is InChI=1S/C24H25ClN4O2/c1-3-29(4-2)24(31)16-8-11-19(12-9-16)28-23(30)17-10-13-21(26)22(14-17)27-20-7-5-6-18(25)15-20/h5-15,27H,3-4,26H2,1-2H3,(H,28,30). The molecule has 31 heavy (non-hydrogen) atoms. The molecule has 0 atom stereocenters. The van der Waals surface area contributed by atoms with Gasteiger partial charge in [0.15, 0.2) is 0 Å². The van der Waals surface area contributed by atoms with Crippen LogP contribution in [0.3, 0.4) is 0 Å². The van der Waals surface area contributed by atoms with Crippen molar-refractivity contribution in [1.82, 2.24) is 4.90 Å². The number of rotatable bonds is 7. The van der Waals surface area contributed by atoms with E-state index in [0.29, 0.717) is 46.3 Å². The fourth-order valence-electron chi connectivity index (χ4n) is 3.12. The lowest BCUT2D eigenvalue weighted by Gasteiger charge is -2.18. The van der Waals surface area contributed by atoms with Gasteiger partial charge >= 0.3 is 0 Å². The second-order valence-corrected chi connectivity index (χ2v) is 7.38. The van der Waals surface area contributed by atoms with Crippen molar-refractivity contribution in [3.05, 3.63) is 82.9 Å². The molecule has 0 fully saturated rings. The number of anilines is 4. The van der Waals surface area contributed by atoms with E-state index in [4.69, 9.17) is 17.3 Å². The van der Waals surface area contributed by atoms with Crippen molar-refractivity contribution in [2.75, 3.05) is 29.5 Å². The van der Waals surface area contributed by atoms with Crippen LogP contribution in [-0.2, 0) is 0 Å². The zero-order chi connectivity index (χ0) is 22.4. The van der Waals surface area contributed by atoms with Gasteiger partial charge in [-0.15, -0.1) is 0 Å². The van der Waals surface area contributed by atoms with Crippen molar-refractivity contribution in [2.45, 2.75) is 13.8 Å². The Labute approximate surface area is 187 Å². The minimum atomic E-state index is -0.281. The van der Waals surface area contributed by atoms with Crippen LogP contribution in [0.2, 0.25) is 5.02 Å². The maximum atomic E-state index is 12.7. The molecule has 0 saturated heterocycles. The topological polar surface area (TPSA) is 87.5 Å². The molecule has 0 aromatic heterocycles. The predicted molar refractivity (Wildman–Crippen MR) is 127 cm³/mol. The van der Waals surface area contributed by atoms with Gasteiger partial charge in [0.25, 0.3) is 11.8 Å². The van der Waals surface area contributed by atoms with Crippen molar-refractivity contribution >= 4 is 46.2 Å². The van der Waals surface area contributed by atoms with E-state index in [1.807, 2.05) is 26.0 Å². The van der Waals surface area contributed by atoms with Crippen molar-refractivity contribution in [1.29, 1.82) is 0 Å². The fraction of sp³-hybridized carbons (Fsp3) is 0.167. The molecule has 0 spiro atoms. The van der Waals surface area contributed by atoms with Crippen molar-refractivity contribution in [2.24, 2.45) is 0 Å². The van der Waals surface area contributed by atoms with Crippen LogP contribution >= 0.6 is 11.6 Å². The summed E-state index contributed by atoms with van der Waals surface area (Å²) in [4.78, 5) is 26.9. The Kier molecular flexibility index (Phi) is 7.15. The van der Waals surface area contributed by atoms with Crippen LogP contribution in [0.25, 0.3) is 0 Å². The lowest BCUT2D eigenvalue weighted by molar-refractivity contribution is 0.0773. The predicted octanol–water partition coefficient (Wildman–Crippen LogP) is 5.40. The molecular formula is C24H25ClN4O2. The average molecular weight is 437 g/mol. The molecule has 0 saturated carbocycles. The normalized spacial score (nSPS) is 10.4. The summed E-state index contributed by atoms with van der Waals surface area (Å²) < 4.78 is 0. The number of carbonyl (C=O) groups excluding carboxylic acids is 2. The van der Waals surface area contributed by atoms with Gasteiger partial charge in [0.2, 0.25) is 0 Å². The summed E-state index contributed by atoms with van der Waals surface area (Å²) in [6.07, 6.45) is 0. The zero-order valence-corrected chi connectivity index (χ0v) is 18.2. The van der Waals surface area contributed by atoms with Gasteiger partial charge in [-0.05, 0) is 74.5 Å². The molecule has 2 amide bonds. The summed E-state index contributed by atoms with van der Waals surface area (Å²) in [5.74, 6) is -0.310. The highest BCUT2D eigenvalue weighted by Gasteiger charge is 2.13. The monoisotopic (exact) mass is 436 g/mol. The second kappa shape index (κ2) is 10.00. The second-order valence-electron chi connectivity index (χ2n) is 6.95. The minimum Gasteiger partial charge on any atom is -0.397 e. The number of nitrogen functional groups attached to an aromatic ring is 1. The van der Waals surface area contributed by atoms with Crippen LogP contribution in [-0.4, -0.2) is 29.8 Å². The van der Waals surface area contributed by atoms with E-state index in [-0.39, 0.29) is 11.8 Å². The van der Waals surface area contributed by atoms with E-state index >= 15 is 0 Å². The van der Waals surface area contributed by atoms with E-state index in [1.165, 1.54) is 0 Å². The molecule has 0 aliphatic heterocycles. The smallest absolute Gasteiger partial charge is 0.255 e. The molecule has 0 bridgehead atoms. The molecule has 3 aromatic carbocycles. The Balaban J connectivity index is 1.72. The first-order valence-corrected chi connectivity index (χ1v) is 10.4. The first-order chi connectivity index (χ1) is 14.9. The van der Waals surface area contributed by atoms with Gasteiger partial charge in [0.1, 0.15) is 0 Å². The summed E-state index contributed by atoms with van der Waals surface area (Å²) >= 11 is 6.03. The van der Waals surface area contributed by atoms with Gasteiger partial charge in [-0.3, -0.25) is 9.59 Å². The van der Waals surface area contributed by atoms with E-state index in [9.17, 15) is 9.59 Å². The molecule has 6 nitrogen and oxygen atoms in total. The Hall–Kier alpha value is -3.51. The quantitative estimate of drug-likeness (QED) is 0.433. The minimum absolute atomic E-state index is 0.0295. The average Bonchev–Trinajstić information content (AvgIpc) is 2.76. The molecule has 7 heteroatoms. The number of halogens is 1. The summed E-state index contributed by atoms with van der Waals surface area (Å²) in [5, 5.41) is 6.63. The number of nitrogens with two attached hydrogens (primary N) is 1. The fourth-order valence-corrected chi connectivity index (χ4v) is 3.31. The zero-order valence-electron chi connectivity index (χ0n) is 17.5. The highest BCUT2D eigenvalue weighted by molar-refractivity contribution is 6.30. The third kappa shape index (κ3) is 5.55. The van der Waals surface area contributed by atoms with Crippen LogP contribution in [0.1, 0.15) is 34.6 Å². The molecule has 0 aliphatic carbocycles. The van der Waals surface area contributed by atoms with E-state index < -0.39 is 0 Å². The Morgan fingerprint density at radius 3 is 2.23 bits per heavy atom. The number of hydrogen-bond acceptors (Lipinski definition) is 4. The highest BCUT2D eigenvalue weighted by Crippen LogP contribution is 2.26. The molecule has 3 aromatic rings. The van der Waals surface area contributed by atoms with Gasteiger partial charge in [-0.25, -0.2) is 0 Å². The summed E-state index contributed by atoms with van der Waals surface area (Å²) in [7, 11) is 0. The van der Waals surface area contributed by atoms with Gasteiger partial charge in [-0.1, -0.05) is 17.7 Å². The van der Waals surface area contributed by atoms with E-state index in [0.717, 1.165) is 5.69 Å². The molecule has 0 heterocycles. The molecular weight excluding hydrogens is 412 g/mol. The molecule has 160 valence electrons. The molecule has 0 radical (unpaired) electrons. The van der Waals surface area contributed by atoms with Crippen LogP contribution in [0, 0.1) is 0 Å². The number of nitrogens with zero attached hydrogens (tertiary/aromatic N) is 1. The highest BCUT2D eigenvalue weighted by atomic mass is 35.5. The van der Waals surface area contributed by atoms with Crippen LogP contribution in [0.4, 0.5) is 22.7 Å². The Morgan fingerprint density at radius 1 is 0.903 bits per heavy atom. The van der Waals surface area contributed by atoms with Crippen molar-refractivity contribution < 1.29 is 9.59 Å². The maximum Gasteiger partial charge on any atom is 0.255 e. The molecule has 3 rings (SSSR count). The SMILES string of the molecule is CCN(CC)C(=O)c1ccc(NC(=O)c2ccc(N)c(Nc3cccc(Cl)c3)c2)cc1. The van der Waals surface area contributed by atoms with Crippen LogP contribution in [0.15, 0.2) is 66.7 Å². The third-order valence-corrected chi connectivity index (χ3v) is 5.09. The van der Waals surface area contributed by atoms with E-state index in [1.54, 1.807) is 59.5 Å². The van der Waals surface area contributed by atoms with Gasteiger partial charge < -0.3 is 21.3 Å².